The molecule has 2 atom stereocenters. The van der Waals surface area contributed by atoms with Gasteiger partial charge in [0.05, 0.1) is 6.42 Å². The molecule has 1 amide bonds. The second-order valence-electron chi connectivity index (χ2n) is 6.19. The second-order valence-corrected chi connectivity index (χ2v) is 6.19. The Morgan fingerprint density at radius 2 is 1.84 bits per heavy atom. The number of amides is 1. The van der Waals surface area contributed by atoms with E-state index >= 15 is 0 Å². The first kappa shape index (κ1) is 11.5. The molecule has 3 aliphatic rings. The fraction of sp³-hybridized carbons (Fsp3) is 0.562. The van der Waals surface area contributed by atoms with Gasteiger partial charge in [-0.05, 0) is 37.3 Å². The number of benzene rings is 1. The summed E-state index contributed by atoms with van der Waals surface area (Å²) < 4.78 is 0. The van der Waals surface area contributed by atoms with Crippen molar-refractivity contribution in [3.05, 3.63) is 29.8 Å². The Balaban J connectivity index is 1.64. The van der Waals surface area contributed by atoms with Crippen molar-refractivity contribution in [3.63, 3.8) is 0 Å². The number of rotatable bonds is 1. The highest BCUT2D eigenvalue weighted by molar-refractivity contribution is 6.01. The maximum atomic E-state index is 12.4. The molecule has 0 spiro atoms. The lowest BCUT2D eigenvalue weighted by molar-refractivity contribution is -0.118. The number of nitrogens with one attached hydrogen (secondary N) is 1. The number of piperidine rings is 2. The lowest BCUT2D eigenvalue weighted by Gasteiger charge is -2.43. The zero-order valence-electron chi connectivity index (χ0n) is 11.1. The fourth-order valence-electron chi connectivity index (χ4n) is 4.12. The van der Waals surface area contributed by atoms with E-state index in [1.165, 1.54) is 24.8 Å². The van der Waals surface area contributed by atoms with Crippen LogP contribution in [0.4, 0.5) is 5.69 Å². The van der Waals surface area contributed by atoms with E-state index in [1.54, 1.807) is 0 Å². The monoisotopic (exact) mass is 256 g/mol. The van der Waals surface area contributed by atoms with Gasteiger partial charge in [0, 0.05) is 23.8 Å². The van der Waals surface area contributed by atoms with Crippen LogP contribution in [0.5, 0.6) is 0 Å². The van der Waals surface area contributed by atoms with Gasteiger partial charge in [0.1, 0.15) is 0 Å². The van der Waals surface area contributed by atoms with Crippen molar-refractivity contribution in [1.29, 1.82) is 0 Å². The minimum Gasteiger partial charge on any atom is -0.311 e. The Bertz CT molecular complexity index is 501. The van der Waals surface area contributed by atoms with Crippen molar-refractivity contribution in [1.82, 2.24) is 5.32 Å². The zero-order valence-corrected chi connectivity index (χ0v) is 11.1. The summed E-state index contributed by atoms with van der Waals surface area (Å²) in [6, 6.07) is 9.94. The van der Waals surface area contributed by atoms with Gasteiger partial charge in [-0.15, -0.1) is 0 Å². The smallest absolute Gasteiger partial charge is 0.231 e. The summed E-state index contributed by atoms with van der Waals surface area (Å²) in [5, 5.41) is 3.71. The molecule has 0 radical (unpaired) electrons. The van der Waals surface area contributed by atoms with Crippen LogP contribution in [-0.4, -0.2) is 24.0 Å². The number of para-hydroxylation sites is 1. The van der Waals surface area contributed by atoms with E-state index in [0.29, 0.717) is 30.5 Å². The fourth-order valence-corrected chi connectivity index (χ4v) is 4.12. The van der Waals surface area contributed by atoms with Gasteiger partial charge < -0.3 is 10.2 Å². The summed E-state index contributed by atoms with van der Waals surface area (Å²) in [5.74, 6) is 0.297. The van der Waals surface area contributed by atoms with Gasteiger partial charge in [-0.2, -0.15) is 0 Å². The van der Waals surface area contributed by atoms with E-state index in [4.69, 9.17) is 0 Å². The molecule has 1 aromatic rings. The van der Waals surface area contributed by atoms with E-state index < -0.39 is 0 Å². The normalized spacial score (nSPS) is 33.4. The van der Waals surface area contributed by atoms with Crippen LogP contribution in [0.3, 0.4) is 0 Å². The Labute approximate surface area is 114 Å². The Morgan fingerprint density at radius 3 is 2.63 bits per heavy atom. The molecule has 2 fully saturated rings. The van der Waals surface area contributed by atoms with Crippen LogP contribution in [-0.2, 0) is 11.2 Å². The first-order valence-electron chi connectivity index (χ1n) is 7.47. The lowest BCUT2D eigenvalue weighted by Crippen LogP contribution is -2.55. The summed E-state index contributed by atoms with van der Waals surface area (Å²) in [6.45, 7) is 0. The van der Waals surface area contributed by atoms with Crippen LogP contribution in [0.1, 0.15) is 37.7 Å². The molecule has 3 heterocycles. The highest BCUT2D eigenvalue weighted by Gasteiger charge is 2.39. The van der Waals surface area contributed by atoms with Gasteiger partial charge >= 0.3 is 0 Å². The van der Waals surface area contributed by atoms with E-state index in [9.17, 15) is 4.79 Å². The van der Waals surface area contributed by atoms with Crippen LogP contribution in [0, 0.1) is 0 Å². The number of carbonyl (C=O) groups excluding carboxylic acids is 1. The molecule has 1 N–H and O–H groups in total. The predicted molar refractivity (Wildman–Crippen MR) is 75.2 cm³/mol. The molecule has 2 unspecified atom stereocenters. The lowest BCUT2D eigenvalue weighted by atomic mass is 9.83. The van der Waals surface area contributed by atoms with Crippen LogP contribution in [0.15, 0.2) is 24.3 Å². The third kappa shape index (κ3) is 1.88. The number of hydrogen-bond acceptors (Lipinski definition) is 2. The Kier molecular flexibility index (Phi) is 2.62. The van der Waals surface area contributed by atoms with Crippen LogP contribution in [0.25, 0.3) is 0 Å². The van der Waals surface area contributed by atoms with Crippen LogP contribution >= 0.6 is 0 Å². The van der Waals surface area contributed by atoms with Gasteiger partial charge in [0.25, 0.3) is 0 Å². The molecule has 1 aromatic carbocycles. The van der Waals surface area contributed by atoms with Crippen molar-refractivity contribution in [2.75, 3.05) is 4.90 Å². The zero-order chi connectivity index (χ0) is 12.8. The minimum atomic E-state index is 0.297. The first-order chi connectivity index (χ1) is 9.31. The molecule has 0 aliphatic carbocycles. The number of carbonyl (C=O) groups is 1. The molecule has 2 bridgehead atoms. The molecule has 2 saturated heterocycles. The molecule has 100 valence electrons. The van der Waals surface area contributed by atoms with Gasteiger partial charge in [0.15, 0.2) is 0 Å². The van der Waals surface area contributed by atoms with E-state index in [1.807, 2.05) is 12.1 Å². The highest BCUT2D eigenvalue weighted by Crippen LogP contribution is 2.36. The van der Waals surface area contributed by atoms with Crippen molar-refractivity contribution >= 4 is 11.6 Å². The molecular formula is C16H20N2O. The standard InChI is InChI=1S/C16H20N2O/c19-16-8-11-4-1-2-7-15(11)18(16)14-9-12-5-3-6-13(10-14)17-12/h1-2,4,7,12-14,17H,3,5-6,8-10H2. The number of fused-ring (bicyclic) bond motifs is 3. The van der Waals surface area contributed by atoms with Crippen LogP contribution in [0.2, 0.25) is 0 Å². The summed E-state index contributed by atoms with van der Waals surface area (Å²) >= 11 is 0. The average molecular weight is 256 g/mol. The third-order valence-corrected chi connectivity index (χ3v) is 4.92. The van der Waals surface area contributed by atoms with Gasteiger partial charge in [-0.1, -0.05) is 24.6 Å². The molecule has 19 heavy (non-hydrogen) atoms. The SMILES string of the molecule is O=C1Cc2ccccc2N1C1CC2CCCC(C1)N2. The molecule has 3 heteroatoms. The van der Waals surface area contributed by atoms with Gasteiger partial charge in [-0.3, -0.25) is 4.79 Å². The number of anilines is 1. The average Bonchev–Trinajstić information content (AvgIpc) is 2.74. The molecule has 0 aromatic heterocycles. The maximum Gasteiger partial charge on any atom is 0.231 e. The largest absolute Gasteiger partial charge is 0.311 e. The molecule has 3 nitrogen and oxygen atoms in total. The summed E-state index contributed by atoms with van der Waals surface area (Å²) in [7, 11) is 0. The van der Waals surface area contributed by atoms with E-state index in [-0.39, 0.29) is 0 Å². The molecular weight excluding hydrogens is 236 g/mol. The van der Waals surface area contributed by atoms with Crippen molar-refractivity contribution < 1.29 is 4.79 Å². The van der Waals surface area contributed by atoms with Crippen molar-refractivity contribution in [2.45, 2.75) is 56.7 Å². The number of hydrogen-bond donors (Lipinski definition) is 1. The quantitative estimate of drug-likeness (QED) is 0.836. The topological polar surface area (TPSA) is 32.3 Å². The molecule has 0 saturated carbocycles. The second kappa shape index (κ2) is 4.34. The third-order valence-electron chi connectivity index (χ3n) is 4.92. The van der Waals surface area contributed by atoms with E-state index in [2.05, 4.69) is 22.3 Å². The highest BCUT2D eigenvalue weighted by atomic mass is 16.2. The van der Waals surface area contributed by atoms with Gasteiger partial charge in [0.2, 0.25) is 5.91 Å². The molecule has 3 aliphatic heterocycles. The molecule has 4 rings (SSSR count). The Morgan fingerprint density at radius 1 is 1.11 bits per heavy atom. The first-order valence-corrected chi connectivity index (χ1v) is 7.47. The summed E-state index contributed by atoms with van der Waals surface area (Å²) in [4.78, 5) is 14.5. The van der Waals surface area contributed by atoms with E-state index in [0.717, 1.165) is 18.5 Å². The minimum absolute atomic E-state index is 0.297. The summed E-state index contributed by atoms with van der Waals surface area (Å²) in [6.07, 6.45) is 6.73. The van der Waals surface area contributed by atoms with Gasteiger partial charge in [-0.25, -0.2) is 0 Å². The van der Waals surface area contributed by atoms with Crippen LogP contribution < -0.4 is 10.2 Å². The van der Waals surface area contributed by atoms with Crippen molar-refractivity contribution in [3.8, 4) is 0 Å². The van der Waals surface area contributed by atoms with Crippen molar-refractivity contribution in [2.24, 2.45) is 0 Å². The number of nitrogens with zero attached hydrogens (tertiary/aromatic N) is 1. The summed E-state index contributed by atoms with van der Waals surface area (Å²) in [5.41, 5.74) is 2.37. The Hall–Kier alpha value is -1.35. The maximum absolute atomic E-state index is 12.4. The predicted octanol–water partition coefficient (Wildman–Crippen LogP) is 2.25.